The molecule has 4 heteroatoms. The van der Waals surface area contributed by atoms with Gasteiger partial charge in [0, 0.05) is 30.2 Å². The molecular formula is C32H41N3O. The number of hydrogen-bond acceptors (Lipinski definition) is 2. The van der Waals surface area contributed by atoms with E-state index in [4.69, 9.17) is 0 Å². The van der Waals surface area contributed by atoms with E-state index in [2.05, 4.69) is 106 Å². The fourth-order valence-electron chi connectivity index (χ4n) is 5.04. The zero-order chi connectivity index (χ0) is 25.9. The van der Waals surface area contributed by atoms with Crippen molar-refractivity contribution in [2.75, 3.05) is 11.9 Å². The smallest absolute Gasteiger partial charge is 0.319 e. The monoisotopic (exact) mass is 483 g/mol. The lowest BCUT2D eigenvalue weighted by atomic mass is 9.80. The van der Waals surface area contributed by atoms with Gasteiger partial charge in [-0.05, 0) is 51.6 Å². The highest BCUT2D eigenvalue weighted by Gasteiger charge is 2.33. The summed E-state index contributed by atoms with van der Waals surface area (Å²) < 4.78 is 0. The maximum atomic E-state index is 12.6. The lowest BCUT2D eigenvalue weighted by Gasteiger charge is -2.27. The molecule has 4 rings (SSSR count). The van der Waals surface area contributed by atoms with E-state index in [-0.39, 0.29) is 34.9 Å². The van der Waals surface area contributed by atoms with Crippen molar-refractivity contribution in [3.63, 3.8) is 0 Å². The third-order valence-corrected chi connectivity index (χ3v) is 7.21. The van der Waals surface area contributed by atoms with Gasteiger partial charge in [0.05, 0.1) is 0 Å². The van der Waals surface area contributed by atoms with Gasteiger partial charge in [0.1, 0.15) is 0 Å². The van der Waals surface area contributed by atoms with E-state index in [1.807, 2.05) is 30.3 Å². The molecule has 2 unspecified atom stereocenters. The molecule has 0 aliphatic carbocycles. The van der Waals surface area contributed by atoms with E-state index in [0.717, 1.165) is 18.7 Å². The average Bonchev–Trinajstić information content (AvgIpc) is 3.27. The third-order valence-electron chi connectivity index (χ3n) is 7.21. The van der Waals surface area contributed by atoms with Crippen LogP contribution in [-0.2, 0) is 10.8 Å². The molecule has 3 aromatic carbocycles. The highest BCUT2D eigenvalue weighted by Crippen LogP contribution is 2.35. The van der Waals surface area contributed by atoms with Gasteiger partial charge in [-0.3, -0.25) is 0 Å². The molecule has 0 radical (unpaired) electrons. The number of urea groups is 1. The van der Waals surface area contributed by atoms with Gasteiger partial charge < -0.3 is 16.0 Å². The van der Waals surface area contributed by atoms with E-state index in [9.17, 15) is 4.79 Å². The molecule has 2 amide bonds. The van der Waals surface area contributed by atoms with Crippen molar-refractivity contribution < 1.29 is 4.79 Å². The number of benzene rings is 3. The molecule has 0 spiro atoms. The van der Waals surface area contributed by atoms with E-state index in [1.54, 1.807) is 0 Å². The molecule has 190 valence electrons. The van der Waals surface area contributed by atoms with Crippen molar-refractivity contribution in [3.8, 4) is 0 Å². The van der Waals surface area contributed by atoms with Crippen molar-refractivity contribution in [2.24, 2.45) is 0 Å². The number of nitrogens with one attached hydrogen (secondary N) is 3. The Balaban J connectivity index is 1.54. The SMILES string of the molecule is CC(C)(C)c1ccc(C(c2ccc(C(C)(C)C)cc2)C2CC(NC(=O)Nc3ccccc3)CN2)cc1. The molecule has 1 aliphatic heterocycles. The summed E-state index contributed by atoms with van der Waals surface area (Å²) in [6, 6.07) is 27.9. The Kier molecular flexibility index (Phi) is 7.56. The van der Waals surface area contributed by atoms with Gasteiger partial charge in [-0.25, -0.2) is 4.79 Å². The first-order chi connectivity index (χ1) is 17.0. The number of anilines is 1. The van der Waals surface area contributed by atoms with Crippen LogP contribution in [0.15, 0.2) is 78.9 Å². The van der Waals surface area contributed by atoms with Crippen molar-refractivity contribution in [1.29, 1.82) is 0 Å². The minimum absolute atomic E-state index is 0.0731. The minimum atomic E-state index is -0.158. The predicted octanol–water partition coefficient (Wildman–Crippen LogP) is 6.97. The maximum absolute atomic E-state index is 12.6. The standard InChI is InChI=1S/C32H41N3O/c1-31(2,3)24-16-12-22(13-17-24)29(23-14-18-25(19-15-23)32(4,5)6)28-20-27(21-33-28)35-30(36)34-26-10-8-7-9-11-26/h7-19,27-29,33H,20-21H2,1-6H3,(H2,34,35,36). The van der Waals surface area contributed by atoms with Gasteiger partial charge in [-0.2, -0.15) is 0 Å². The summed E-state index contributed by atoms with van der Waals surface area (Å²) in [6.45, 7) is 14.3. The molecule has 3 N–H and O–H groups in total. The molecule has 1 heterocycles. The highest BCUT2D eigenvalue weighted by atomic mass is 16.2. The molecule has 1 fully saturated rings. The second-order valence-electron chi connectivity index (χ2n) is 12.1. The van der Waals surface area contributed by atoms with Crippen LogP contribution in [0.4, 0.5) is 10.5 Å². The van der Waals surface area contributed by atoms with Crippen LogP contribution in [0.3, 0.4) is 0 Å². The Morgan fingerprint density at radius 1 is 0.778 bits per heavy atom. The van der Waals surface area contributed by atoms with Crippen LogP contribution in [0.1, 0.15) is 76.1 Å². The number of hydrogen-bond donors (Lipinski definition) is 3. The molecule has 1 saturated heterocycles. The molecule has 36 heavy (non-hydrogen) atoms. The van der Waals surface area contributed by atoms with Crippen molar-refractivity contribution >= 4 is 11.7 Å². The van der Waals surface area contributed by atoms with Gasteiger partial charge in [-0.1, -0.05) is 108 Å². The minimum Gasteiger partial charge on any atom is -0.334 e. The largest absolute Gasteiger partial charge is 0.334 e. The van der Waals surface area contributed by atoms with Crippen LogP contribution >= 0.6 is 0 Å². The Labute approximate surface area is 216 Å². The Morgan fingerprint density at radius 2 is 1.28 bits per heavy atom. The summed E-state index contributed by atoms with van der Waals surface area (Å²) in [7, 11) is 0. The quantitative estimate of drug-likeness (QED) is 0.367. The third kappa shape index (κ3) is 6.36. The predicted molar refractivity (Wildman–Crippen MR) is 151 cm³/mol. The van der Waals surface area contributed by atoms with Crippen LogP contribution in [0.25, 0.3) is 0 Å². The summed E-state index contributed by atoms with van der Waals surface area (Å²) in [5.41, 5.74) is 6.32. The van der Waals surface area contributed by atoms with E-state index in [0.29, 0.717) is 0 Å². The summed E-state index contributed by atoms with van der Waals surface area (Å²) in [6.07, 6.45) is 0.870. The van der Waals surface area contributed by atoms with Crippen LogP contribution in [-0.4, -0.2) is 24.7 Å². The second kappa shape index (κ2) is 10.5. The van der Waals surface area contributed by atoms with Gasteiger partial charge in [0.15, 0.2) is 0 Å². The number of para-hydroxylation sites is 1. The zero-order valence-corrected chi connectivity index (χ0v) is 22.6. The summed E-state index contributed by atoms with van der Waals surface area (Å²) in [5, 5.41) is 9.82. The Hall–Kier alpha value is -3.11. The number of amides is 2. The first-order valence-corrected chi connectivity index (χ1v) is 13.1. The first-order valence-electron chi connectivity index (χ1n) is 13.1. The Morgan fingerprint density at radius 3 is 1.75 bits per heavy atom. The lowest BCUT2D eigenvalue weighted by Crippen LogP contribution is -2.39. The molecule has 4 nitrogen and oxygen atoms in total. The summed E-state index contributed by atoms with van der Waals surface area (Å²) >= 11 is 0. The van der Waals surface area contributed by atoms with Crippen molar-refractivity contribution in [3.05, 3.63) is 101 Å². The second-order valence-corrected chi connectivity index (χ2v) is 12.1. The maximum Gasteiger partial charge on any atom is 0.319 e. The van der Waals surface area contributed by atoms with E-state index < -0.39 is 0 Å². The number of rotatable bonds is 5. The van der Waals surface area contributed by atoms with Crippen LogP contribution in [0, 0.1) is 0 Å². The van der Waals surface area contributed by atoms with E-state index >= 15 is 0 Å². The summed E-state index contributed by atoms with van der Waals surface area (Å²) in [4.78, 5) is 12.6. The fraction of sp³-hybridized carbons (Fsp3) is 0.406. The van der Waals surface area contributed by atoms with E-state index in [1.165, 1.54) is 22.3 Å². The normalized spacial score (nSPS) is 18.3. The summed E-state index contributed by atoms with van der Waals surface area (Å²) in [5.74, 6) is 0.206. The molecule has 0 aromatic heterocycles. The average molecular weight is 484 g/mol. The van der Waals surface area contributed by atoms with Crippen LogP contribution < -0.4 is 16.0 Å². The molecule has 2 atom stereocenters. The molecule has 1 aliphatic rings. The molecule has 0 saturated carbocycles. The van der Waals surface area contributed by atoms with Gasteiger partial charge in [-0.15, -0.1) is 0 Å². The fourth-order valence-corrected chi connectivity index (χ4v) is 5.04. The van der Waals surface area contributed by atoms with Crippen LogP contribution in [0.2, 0.25) is 0 Å². The Bertz CT molecular complexity index is 1080. The van der Waals surface area contributed by atoms with Crippen molar-refractivity contribution in [2.45, 2.75) is 76.8 Å². The zero-order valence-electron chi connectivity index (χ0n) is 22.6. The number of carbonyl (C=O) groups is 1. The highest BCUT2D eigenvalue weighted by molar-refractivity contribution is 5.89. The molecule has 0 bridgehead atoms. The number of carbonyl (C=O) groups excluding carboxylic acids is 1. The van der Waals surface area contributed by atoms with Gasteiger partial charge in [0.2, 0.25) is 0 Å². The molecular weight excluding hydrogens is 442 g/mol. The van der Waals surface area contributed by atoms with Crippen molar-refractivity contribution in [1.82, 2.24) is 10.6 Å². The van der Waals surface area contributed by atoms with Crippen LogP contribution in [0.5, 0.6) is 0 Å². The lowest BCUT2D eigenvalue weighted by molar-refractivity contribution is 0.249. The van der Waals surface area contributed by atoms with Gasteiger partial charge >= 0.3 is 6.03 Å². The topological polar surface area (TPSA) is 53.2 Å². The van der Waals surface area contributed by atoms with Gasteiger partial charge in [0.25, 0.3) is 0 Å². The first kappa shape index (κ1) is 26.0. The molecule has 3 aromatic rings.